The lowest BCUT2D eigenvalue weighted by Gasteiger charge is -2.26. The van der Waals surface area contributed by atoms with E-state index in [1.807, 2.05) is 13.8 Å². The average molecular weight is 342 g/mol. The van der Waals surface area contributed by atoms with Crippen molar-refractivity contribution in [1.82, 2.24) is 25.1 Å². The number of rotatable bonds is 5. The Morgan fingerprint density at radius 3 is 2.80 bits per heavy atom. The average Bonchev–Trinajstić information content (AvgIpc) is 2.85. The van der Waals surface area contributed by atoms with Crippen LogP contribution in [0.15, 0.2) is 22.7 Å². The highest BCUT2D eigenvalue weighted by atomic mass is 79.9. The summed E-state index contributed by atoms with van der Waals surface area (Å²) in [6.07, 6.45) is 0. The van der Waals surface area contributed by atoms with Gasteiger partial charge in [-0.3, -0.25) is 4.90 Å². The molecule has 0 saturated carbocycles. The van der Waals surface area contributed by atoms with Crippen LogP contribution in [0.4, 0.5) is 4.39 Å². The molecule has 0 aliphatic heterocycles. The predicted octanol–water partition coefficient (Wildman–Crippen LogP) is 2.69. The van der Waals surface area contributed by atoms with E-state index in [4.69, 9.17) is 0 Å². The van der Waals surface area contributed by atoms with Gasteiger partial charge in [0, 0.05) is 23.6 Å². The molecule has 1 aromatic carbocycles. The number of tetrazole rings is 1. The molecule has 0 radical (unpaired) electrons. The Hall–Kier alpha value is -1.34. The molecule has 0 aliphatic rings. The Balaban J connectivity index is 2.21. The van der Waals surface area contributed by atoms with Crippen molar-refractivity contribution < 1.29 is 4.39 Å². The summed E-state index contributed by atoms with van der Waals surface area (Å²) in [6, 6.07) is 4.99. The molecule has 7 heteroatoms. The van der Waals surface area contributed by atoms with Crippen LogP contribution in [0, 0.1) is 5.82 Å². The smallest absolute Gasteiger partial charge is 0.167 e. The van der Waals surface area contributed by atoms with Crippen molar-refractivity contribution in [3.8, 4) is 0 Å². The first-order valence-corrected chi connectivity index (χ1v) is 7.22. The molecular formula is C13H17BrFN5. The van der Waals surface area contributed by atoms with Gasteiger partial charge in [-0.1, -0.05) is 22.9 Å². The largest absolute Gasteiger partial charge is 0.289 e. The highest BCUT2D eigenvalue weighted by Crippen LogP contribution is 2.22. The highest BCUT2D eigenvalue weighted by molar-refractivity contribution is 9.10. The Morgan fingerprint density at radius 2 is 2.20 bits per heavy atom. The molecule has 108 valence electrons. The summed E-state index contributed by atoms with van der Waals surface area (Å²) >= 11 is 3.37. The molecule has 2 aromatic rings. The second kappa shape index (κ2) is 6.41. The number of benzene rings is 1. The number of halogens is 2. The summed E-state index contributed by atoms with van der Waals surface area (Å²) in [5.74, 6) is 0.567. The molecule has 1 atom stereocenters. The molecule has 20 heavy (non-hydrogen) atoms. The fourth-order valence-electron chi connectivity index (χ4n) is 2.16. The molecule has 0 amide bonds. The summed E-state index contributed by atoms with van der Waals surface area (Å²) in [5, 5.41) is 11.5. The fraction of sp³-hybridized carbons (Fsp3) is 0.462. The first kappa shape index (κ1) is 15.1. The van der Waals surface area contributed by atoms with Crippen molar-refractivity contribution in [2.75, 3.05) is 6.54 Å². The van der Waals surface area contributed by atoms with E-state index in [0.717, 1.165) is 16.8 Å². The van der Waals surface area contributed by atoms with Gasteiger partial charge in [0.15, 0.2) is 5.82 Å². The fourth-order valence-corrected chi connectivity index (χ4v) is 2.57. The monoisotopic (exact) mass is 341 g/mol. The Morgan fingerprint density at radius 1 is 1.45 bits per heavy atom. The SMILES string of the molecule is CCN(Cc1cc(Br)ccc1F)[C@@H](C)c1nnnn1C. The summed E-state index contributed by atoms with van der Waals surface area (Å²) in [6.45, 7) is 5.34. The minimum Gasteiger partial charge on any atom is -0.289 e. The topological polar surface area (TPSA) is 46.8 Å². The van der Waals surface area contributed by atoms with E-state index in [0.29, 0.717) is 12.1 Å². The lowest BCUT2D eigenvalue weighted by Crippen LogP contribution is -2.28. The zero-order chi connectivity index (χ0) is 14.7. The minimum atomic E-state index is -0.199. The lowest BCUT2D eigenvalue weighted by atomic mass is 10.1. The normalized spacial score (nSPS) is 12.9. The van der Waals surface area contributed by atoms with Crippen LogP contribution >= 0.6 is 15.9 Å². The number of hydrogen-bond acceptors (Lipinski definition) is 4. The molecule has 2 rings (SSSR count). The number of aryl methyl sites for hydroxylation is 1. The Bertz CT molecular complexity index is 586. The third-order valence-electron chi connectivity index (χ3n) is 3.36. The van der Waals surface area contributed by atoms with Crippen LogP contribution in [0.25, 0.3) is 0 Å². The van der Waals surface area contributed by atoms with Crippen molar-refractivity contribution in [2.45, 2.75) is 26.4 Å². The van der Waals surface area contributed by atoms with Crippen LogP contribution in [0.5, 0.6) is 0 Å². The van der Waals surface area contributed by atoms with E-state index >= 15 is 0 Å². The first-order chi connectivity index (χ1) is 9.52. The summed E-state index contributed by atoms with van der Waals surface area (Å²) in [5.41, 5.74) is 0.656. The van der Waals surface area contributed by atoms with Crippen LogP contribution in [0.3, 0.4) is 0 Å². The van der Waals surface area contributed by atoms with E-state index in [9.17, 15) is 4.39 Å². The third-order valence-corrected chi connectivity index (χ3v) is 3.85. The number of nitrogens with zero attached hydrogens (tertiary/aromatic N) is 5. The molecule has 5 nitrogen and oxygen atoms in total. The van der Waals surface area contributed by atoms with Crippen LogP contribution in [0.1, 0.15) is 31.3 Å². The van der Waals surface area contributed by atoms with Gasteiger partial charge in [-0.05, 0) is 42.1 Å². The van der Waals surface area contributed by atoms with Gasteiger partial charge in [0.25, 0.3) is 0 Å². The van der Waals surface area contributed by atoms with Gasteiger partial charge in [0.2, 0.25) is 0 Å². The molecule has 0 bridgehead atoms. The van der Waals surface area contributed by atoms with Gasteiger partial charge in [-0.25, -0.2) is 9.07 Å². The molecular weight excluding hydrogens is 325 g/mol. The molecule has 0 aliphatic carbocycles. The summed E-state index contributed by atoms with van der Waals surface area (Å²) < 4.78 is 16.4. The van der Waals surface area contributed by atoms with E-state index < -0.39 is 0 Å². The third kappa shape index (κ3) is 3.21. The predicted molar refractivity (Wildman–Crippen MR) is 77.4 cm³/mol. The summed E-state index contributed by atoms with van der Waals surface area (Å²) in [4.78, 5) is 2.12. The number of hydrogen-bond donors (Lipinski definition) is 0. The molecule has 0 spiro atoms. The van der Waals surface area contributed by atoms with E-state index in [-0.39, 0.29) is 11.9 Å². The lowest BCUT2D eigenvalue weighted by molar-refractivity contribution is 0.198. The quantitative estimate of drug-likeness (QED) is 0.838. The maximum atomic E-state index is 13.9. The number of aromatic nitrogens is 4. The second-order valence-corrected chi connectivity index (χ2v) is 5.55. The van der Waals surface area contributed by atoms with Crippen LogP contribution < -0.4 is 0 Å². The van der Waals surface area contributed by atoms with Crippen molar-refractivity contribution in [3.63, 3.8) is 0 Å². The Kier molecular flexibility index (Phi) is 4.82. The molecule has 0 N–H and O–H groups in total. The van der Waals surface area contributed by atoms with Gasteiger partial charge >= 0.3 is 0 Å². The van der Waals surface area contributed by atoms with Crippen LogP contribution in [-0.2, 0) is 13.6 Å². The maximum Gasteiger partial charge on any atom is 0.167 e. The minimum absolute atomic E-state index is 0.0124. The van der Waals surface area contributed by atoms with Crippen molar-refractivity contribution in [2.24, 2.45) is 7.05 Å². The van der Waals surface area contributed by atoms with Crippen LogP contribution in [-0.4, -0.2) is 31.7 Å². The standard InChI is InChI=1S/C13H17BrFN5/c1-4-20(9(2)13-16-17-18-19(13)3)8-10-7-11(14)5-6-12(10)15/h5-7,9H,4,8H2,1-3H3/t9-/m0/s1. The van der Waals surface area contributed by atoms with Gasteiger partial charge < -0.3 is 0 Å². The van der Waals surface area contributed by atoms with Crippen molar-refractivity contribution in [3.05, 3.63) is 39.9 Å². The van der Waals surface area contributed by atoms with Gasteiger partial charge in [-0.2, -0.15) is 0 Å². The van der Waals surface area contributed by atoms with Gasteiger partial charge in [0.05, 0.1) is 6.04 Å². The Labute approximate surface area is 125 Å². The van der Waals surface area contributed by atoms with E-state index in [1.54, 1.807) is 23.9 Å². The van der Waals surface area contributed by atoms with E-state index in [2.05, 4.69) is 36.4 Å². The van der Waals surface area contributed by atoms with Crippen LogP contribution in [0.2, 0.25) is 0 Å². The molecule has 0 saturated heterocycles. The molecule has 0 fully saturated rings. The van der Waals surface area contributed by atoms with Crippen molar-refractivity contribution in [1.29, 1.82) is 0 Å². The highest BCUT2D eigenvalue weighted by Gasteiger charge is 2.20. The molecule has 1 aromatic heterocycles. The van der Waals surface area contributed by atoms with Crippen molar-refractivity contribution >= 4 is 15.9 Å². The molecule has 0 unspecified atom stereocenters. The maximum absolute atomic E-state index is 13.9. The van der Waals surface area contributed by atoms with E-state index in [1.165, 1.54) is 6.07 Å². The summed E-state index contributed by atoms with van der Waals surface area (Å²) in [7, 11) is 1.80. The first-order valence-electron chi connectivity index (χ1n) is 6.43. The zero-order valence-electron chi connectivity index (χ0n) is 11.7. The van der Waals surface area contributed by atoms with Gasteiger partial charge in [-0.15, -0.1) is 5.10 Å². The van der Waals surface area contributed by atoms with Gasteiger partial charge in [0.1, 0.15) is 5.82 Å². The zero-order valence-corrected chi connectivity index (χ0v) is 13.3. The molecule has 1 heterocycles. The second-order valence-electron chi connectivity index (χ2n) is 4.64.